The number of esters is 1. The van der Waals surface area contributed by atoms with Gasteiger partial charge in [-0.1, -0.05) is 66.7 Å². The number of phenolic OH excluding ortho intramolecular Hbond substituents is 1. The van der Waals surface area contributed by atoms with Crippen molar-refractivity contribution in [3.05, 3.63) is 113 Å². The molecule has 2 amide bonds. The number of hydrogen-bond acceptors (Lipinski definition) is 8. The van der Waals surface area contributed by atoms with Gasteiger partial charge >= 0.3 is 12.1 Å². The van der Waals surface area contributed by atoms with Crippen LogP contribution in [-0.4, -0.2) is 84.4 Å². The minimum atomic E-state index is -1.06. The lowest BCUT2D eigenvalue weighted by molar-refractivity contribution is -0.155. The highest BCUT2D eigenvalue weighted by Crippen LogP contribution is 2.45. The van der Waals surface area contributed by atoms with Crippen LogP contribution in [0.5, 0.6) is 17.2 Å². The van der Waals surface area contributed by atoms with Crippen LogP contribution in [-0.2, 0) is 32.0 Å². The summed E-state index contributed by atoms with van der Waals surface area (Å²) in [7, 11) is 4.12. The fourth-order valence-corrected chi connectivity index (χ4v) is 7.65. The maximum atomic E-state index is 14.8. The molecule has 4 aromatic carbocycles. The third-order valence-corrected chi connectivity index (χ3v) is 10.2. The SMILES string of the molecule is COC(=O)[C@H](Cc1c[nH]c2ccccc12)N(Cc1cc(OC)c(O)c(OC)c1)C(=O)[C@@H]1CCCN1C(=O)OCC1c2ccccc2-c2ccccc21. The Kier molecular flexibility index (Phi) is 9.75. The highest BCUT2D eigenvalue weighted by Gasteiger charge is 2.42. The molecule has 0 spiro atoms. The predicted octanol–water partition coefficient (Wildman–Crippen LogP) is 6.42. The summed E-state index contributed by atoms with van der Waals surface area (Å²) in [6.07, 6.45) is 2.36. The number of H-pyrrole nitrogens is 1. The third-order valence-electron chi connectivity index (χ3n) is 10.2. The maximum Gasteiger partial charge on any atom is 0.410 e. The molecule has 11 heteroatoms. The molecule has 11 nitrogen and oxygen atoms in total. The number of para-hydroxylation sites is 1. The number of ether oxygens (including phenoxy) is 4. The quantitative estimate of drug-likeness (QED) is 0.151. The predicted molar refractivity (Wildman–Crippen MR) is 194 cm³/mol. The number of aromatic amines is 1. The van der Waals surface area contributed by atoms with Crippen LogP contribution in [0.2, 0.25) is 0 Å². The first kappa shape index (κ1) is 34.5. The summed E-state index contributed by atoms with van der Waals surface area (Å²) >= 11 is 0. The molecule has 5 aromatic rings. The van der Waals surface area contributed by atoms with E-state index in [0.717, 1.165) is 38.7 Å². The van der Waals surface area contributed by atoms with E-state index in [1.807, 2.05) is 54.7 Å². The van der Waals surface area contributed by atoms with Gasteiger partial charge in [0.05, 0.1) is 21.3 Å². The summed E-state index contributed by atoms with van der Waals surface area (Å²) in [5.74, 6) is -1.06. The van der Waals surface area contributed by atoms with E-state index in [-0.39, 0.29) is 42.7 Å². The Morgan fingerprint density at radius 3 is 2.19 bits per heavy atom. The topological polar surface area (TPSA) is 131 Å². The Hall–Kier alpha value is -5.97. The van der Waals surface area contributed by atoms with E-state index >= 15 is 0 Å². The second kappa shape index (κ2) is 14.7. The van der Waals surface area contributed by atoms with Crippen LogP contribution in [0.15, 0.2) is 91.1 Å². The minimum Gasteiger partial charge on any atom is -0.502 e. The van der Waals surface area contributed by atoms with Crippen molar-refractivity contribution < 1.29 is 38.4 Å². The number of aromatic nitrogens is 1. The Bertz CT molecular complexity index is 2060. The van der Waals surface area contributed by atoms with Crippen LogP contribution in [0.3, 0.4) is 0 Å². The van der Waals surface area contributed by atoms with Gasteiger partial charge in [-0.2, -0.15) is 0 Å². The smallest absolute Gasteiger partial charge is 0.410 e. The first-order chi connectivity index (χ1) is 25.3. The summed E-state index contributed by atoms with van der Waals surface area (Å²) in [5, 5.41) is 11.5. The Labute approximate surface area is 301 Å². The van der Waals surface area contributed by atoms with E-state index in [1.165, 1.54) is 31.1 Å². The second-order valence-electron chi connectivity index (χ2n) is 13.1. The molecule has 0 bridgehead atoms. The van der Waals surface area contributed by atoms with E-state index in [9.17, 15) is 19.5 Å². The van der Waals surface area contributed by atoms with E-state index in [0.29, 0.717) is 24.9 Å². The van der Waals surface area contributed by atoms with Crippen molar-refractivity contribution in [3.8, 4) is 28.4 Å². The number of benzene rings is 4. The largest absolute Gasteiger partial charge is 0.502 e. The summed E-state index contributed by atoms with van der Waals surface area (Å²) < 4.78 is 22.1. The number of amides is 2. The number of rotatable bonds is 11. The first-order valence-corrected chi connectivity index (χ1v) is 17.3. The lowest BCUT2D eigenvalue weighted by atomic mass is 9.98. The molecule has 2 atom stereocenters. The number of likely N-dealkylation sites (tertiary alicyclic amines) is 1. The summed E-state index contributed by atoms with van der Waals surface area (Å²) in [6, 6.07) is 25.2. The highest BCUT2D eigenvalue weighted by molar-refractivity contribution is 5.91. The number of hydrogen-bond donors (Lipinski definition) is 2. The fourth-order valence-electron chi connectivity index (χ4n) is 7.65. The van der Waals surface area contributed by atoms with Gasteiger partial charge in [-0.3, -0.25) is 9.69 Å². The molecule has 1 aromatic heterocycles. The Balaban J connectivity index is 1.19. The van der Waals surface area contributed by atoms with E-state index in [1.54, 1.807) is 12.1 Å². The molecule has 1 fully saturated rings. The zero-order chi connectivity index (χ0) is 36.4. The van der Waals surface area contributed by atoms with Crippen molar-refractivity contribution in [1.82, 2.24) is 14.8 Å². The van der Waals surface area contributed by atoms with E-state index in [4.69, 9.17) is 18.9 Å². The molecule has 1 aliphatic heterocycles. The molecule has 1 aliphatic carbocycles. The second-order valence-corrected chi connectivity index (χ2v) is 13.1. The molecule has 2 heterocycles. The van der Waals surface area contributed by atoms with Gasteiger partial charge in [0.25, 0.3) is 0 Å². The first-order valence-electron chi connectivity index (χ1n) is 17.3. The lowest BCUT2D eigenvalue weighted by Crippen LogP contribution is -2.54. The molecule has 52 heavy (non-hydrogen) atoms. The van der Waals surface area contributed by atoms with Gasteiger partial charge in [-0.05, 0) is 64.4 Å². The van der Waals surface area contributed by atoms with Crippen LogP contribution < -0.4 is 9.47 Å². The monoisotopic (exact) mass is 703 g/mol. The standard InChI is InChI=1S/C41H41N3O8/c1-49-36-19-25(20-37(50-2)38(36)45)23-44(35(40(47)51-3)21-26-22-42-33-16-9-8-11-27(26)33)39(46)34-17-10-18-43(34)41(48)52-24-32-30-14-6-4-12-28(30)29-13-5-7-15-31(29)32/h4-9,11-16,19-20,22,32,34-35,42,45H,10,17-18,21,23-24H2,1-3H3/t34-,35-/m0/s1. The third kappa shape index (κ3) is 6.38. The zero-order valence-corrected chi connectivity index (χ0v) is 29.3. The van der Waals surface area contributed by atoms with Gasteiger partial charge in [-0.25, -0.2) is 9.59 Å². The molecule has 2 N–H and O–H groups in total. The van der Waals surface area contributed by atoms with Gasteiger partial charge in [0, 0.05) is 42.5 Å². The fraction of sp³-hybridized carbons (Fsp3) is 0.293. The molecule has 268 valence electrons. The Morgan fingerprint density at radius 2 is 1.54 bits per heavy atom. The summed E-state index contributed by atoms with van der Waals surface area (Å²) in [4.78, 5) is 48.5. The van der Waals surface area contributed by atoms with Crippen LogP contribution in [0.1, 0.15) is 41.0 Å². The number of methoxy groups -OCH3 is 3. The number of phenols is 1. The zero-order valence-electron chi connectivity index (χ0n) is 29.3. The number of aromatic hydroxyl groups is 1. The van der Waals surface area contributed by atoms with Crippen molar-refractivity contribution in [2.75, 3.05) is 34.5 Å². The summed E-state index contributed by atoms with van der Waals surface area (Å²) in [6.45, 7) is 0.378. The van der Waals surface area contributed by atoms with Crippen LogP contribution >= 0.6 is 0 Å². The number of fused-ring (bicyclic) bond motifs is 4. The molecule has 0 saturated carbocycles. The van der Waals surface area contributed by atoms with Gasteiger partial charge in [0.15, 0.2) is 11.5 Å². The average Bonchev–Trinajstić information content (AvgIpc) is 3.92. The lowest BCUT2D eigenvalue weighted by Gasteiger charge is -2.34. The number of nitrogens with zero attached hydrogens (tertiary/aromatic N) is 2. The van der Waals surface area contributed by atoms with Gasteiger partial charge in [-0.15, -0.1) is 0 Å². The number of carbonyl (C=O) groups excluding carboxylic acids is 3. The molecule has 2 aliphatic rings. The maximum absolute atomic E-state index is 14.8. The number of carbonyl (C=O) groups is 3. The Morgan fingerprint density at radius 1 is 0.904 bits per heavy atom. The molecule has 1 saturated heterocycles. The van der Waals surface area contributed by atoms with Crippen molar-refractivity contribution in [3.63, 3.8) is 0 Å². The molecule has 0 radical (unpaired) electrons. The van der Waals surface area contributed by atoms with E-state index in [2.05, 4.69) is 29.2 Å². The van der Waals surface area contributed by atoms with E-state index < -0.39 is 30.1 Å². The van der Waals surface area contributed by atoms with Gasteiger partial charge in [0.2, 0.25) is 11.7 Å². The molecular weight excluding hydrogens is 662 g/mol. The molecule has 7 rings (SSSR count). The highest BCUT2D eigenvalue weighted by atomic mass is 16.6. The molecule has 0 unspecified atom stereocenters. The van der Waals surface area contributed by atoms with Crippen molar-refractivity contribution in [2.24, 2.45) is 0 Å². The van der Waals surface area contributed by atoms with Gasteiger partial charge in [0.1, 0.15) is 18.7 Å². The van der Waals surface area contributed by atoms with Crippen molar-refractivity contribution >= 4 is 28.9 Å². The van der Waals surface area contributed by atoms with Crippen LogP contribution in [0.25, 0.3) is 22.0 Å². The number of nitrogens with one attached hydrogen (secondary N) is 1. The van der Waals surface area contributed by atoms with Crippen LogP contribution in [0, 0.1) is 0 Å². The average molecular weight is 704 g/mol. The summed E-state index contributed by atoms with van der Waals surface area (Å²) in [5.41, 5.74) is 6.68. The van der Waals surface area contributed by atoms with Crippen molar-refractivity contribution in [1.29, 1.82) is 0 Å². The van der Waals surface area contributed by atoms with Gasteiger partial charge < -0.3 is 33.9 Å². The molecular formula is C41H41N3O8. The minimum absolute atomic E-state index is 0.0665. The van der Waals surface area contributed by atoms with Crippen LogP contribution in [0.4, 0.5) is 4.79 Å². The van der Waals surface area contributed by atoms with Crippen molar-refractivity contribution in [2.45, 2.75) is 43.8 Å². The normalized spacial score (nSPS) is 15.5.